The molecule has 0 saturated heterocycles. The van der Waals surface area contributed by atoms with Crippen molar-refractivity contribution in [1.29, 1.82) is 0 Å². The van der Waals surface area contributed by atoms with E-state index in [1.54, 1.807) is 0 Å². The van der Waals surface area contributed by atoms with Gasteiger partial charge >= 0.3 is 0 Å². The number of aryl methyl sites for hydroxylation is 2. The first kappa shape index (κ1) is 12.4. The summed E-state index contributed by atoms with van der Waals surface area (Å²) in [6.07, 6.45) is 7.87. The van der Waals surface area contributed by atoms with Crippen molar-refractivity contribution < 1.29 is 0 Å². The van der Waals surface area contributed by atoms with Crippen LogP contribution in [0.2, 0.25) is 0 Å². The van der Waals surface area contributed by atoms with Crippen molar-refractivity contribution in [1.82, 2.24) is 4.98 Å². The van der Waals surface area contributed by atoms with Crippen molar-refractivity contribution in [2.45, 2.75) is 26.7 Å². The number of rotatable bonds is 5. The molecule has 1 nitrogen and oxygen atoms in total. The van der Waals surface area contributed by atoms with Crippen LogP contribution in [-0.2, 0) is 6.42 Å². The van der Waals surface area contributed by atoms with Crippen molar-refractivity contribution in [2.24, 2.45) is 0 Å². The molecule has 0 aliphatic rings. The molecular weight excluding hydrogens is 194 g/mol. The van der Waals surface area contributed by atoms with E-state index in [-0.39, 0.29) is 0 Å². The van der Waals surface area contributed by atoms with Gasteiger partial charge in [-0.1, -0.05) is 30.9 Å². The number of pyridine rings is 1. The van der Waals surface area contributed by atoms with Gasteiger partial charge in [0.2, 0.25) is 0 Å². The zero-order chi connectivity index (χ0) is 12.0. The topological polar surface area (TPSA) is 12.9 Å². The number of allylic oxidation sites excluding steroid dienone is 4. The second-order valence-corrected chi connectivity index (χ2v) is 4.08. The Hall–Kier alpha value is -1.63. The van der Waals surface area contributed by atoms with Crippen LogP contribution in [0.5, 0.6) is 0 Å². The first-order chi connectivity index (χ1) is 7.61. The minimum atomic E-state index is 1.000. The van der Waals surface area contributed by atoms with Crippen LogP contribution in [0.4, 0.5) is 0 Å². The largest absolute Gasteiger partial charge is 0.262 e. The third-order valence-corrected chi connectivity index (χ3v) is 2.36. The van der Waals surface area contributed by atoms with Crippen LogP contribution in [0.25, 0.3) is 0 Å². The van der Waals surface area contributed by atoms with Gasteiger partial charge in [-0.15, -0.1) is 0 Å². The molecule has 1 heterocycles. The summed E-state index contributed by atoms with van der Waals surface area (Å²) >= 11 is 0. The lowest BCUT2D eigenvalue weighted by atomic mass is 10.0. The van der Waals surface area contributed by atoms with Gasteiger partial charge in [-0.25, -0.2) is 0 Å². The van der Waals surface area contributed by atoms with E-state index < -0.39 is 0 Å². The number of aromatic nitrogens is 1. The fourth-order valence-corrected chi connectivity index (χ4v) is 1.60. The first-order valence-corrected chi connectivity index (χ1v) is 5.52. The minimum absolute atomic E-state index is 1.000. The predicted molar refractivity (Wildman–Crippen MR) is 70.4 cm³/mol. The van der Waals surface area contributed by atoms with E-state index in [0.29, 0.717) is 0 Å². The lowest BCUT2D eigenvalue weighted by Gasteiger charge is -2.03. The third-order valence-electron chi connectivity index (χ3n) is 2.36. The third kappa shape index (κ3) is 4.26. The molecule has 1 rings (SSSR count). The second-order valence-electron chi connectivity index (χ2n) is 4.08. The van der Waals surface area contributed by atoms with Crippen molar-refractivity contribution in [3.05, 3.63) is 66.0 Å². The molecule has 0 saturated carbocycles. The maximum absolute atomic E-state index is 4.19. The minimum Gasteiger partial charge on any atom is -0.262 e. The Balaban J connectivity index is 2.63. The van der Waals surface area contributed by atoms with Crippen molar-refractivity contribution in [3.8, 4) is 0 Å². The Morgan fingerprint density at radius 2 is 2.25 bits per heavy atom. The summed E-state index contributed by atoms with van der Waals surface area (Å²) in [5.41, 5.74) is 4.70. The Morgan fingerprint density at radius 1 is 1.50 bits per heavy atom. The molecule has 0 aromatic carbocycles. The summed E-state index contributed by atoms with van der Waals surface area (Å²) in [4.78, 5) is 4.19. The molecule has 0 radical (unpaired) electrons. The fourth-order valence-electron chi connectivity index (χ4n) is 1.60. The Bertz CT molecular complexity index is 413. The van der Waals surface area contributed by atoms with Crippen LogP contribution < -0.4 is 0 Å². The van der Waals surface area contributed by atoms with Crippen LogP contribution in [0, 0.1) is 6.92 Å². The van der Waals surface area contributed by atoms with Crippen molar-refractivity contribution >= 4 is 0 Å². The molecule has 0 unspecified atom stereocenters. The van der Waals surface area contributed by atoms with Crippen molar-refractivity contribution in [3.63, 3.8) is 0 Å². The summed E-state index contributed by atoms with van der Waals surface area (Å²) in [5, 5.41) is 0. The van der Waals surface area contributed by atoms with Crippen LogP contribution in [0.3, 0.4) is 0 Å². The normalized spacial score (nSPS) is 11.2. The van der Waals surface area contributed by atoms with Gasteiger partial charge in [0.15, 0.2) is 0 Å². The summed E-state index contributed by atoms with van der Waals surface area (Å²) in [6, 6.07) is 4.19. The van der Waals surface area contributed by atoms with Gasteiger partial charge in [0, 0.05) is 11.9 Å². The van der Waals surface area contributed by atoms with Crippen LogP contribution in [-0.4, -0.2) is 4.98 Å². The molecule has 0 aliphatic carbocycles. The maximum atomic E-state index is 4.19. The summed E-state index contributed by atoms with van der Waals surface area (Å²) in [5.74, 6) is 0. The number of hydrogen-bond acceptors (Lipinski definition) is 1. The van der Waals surface area contributed by atoms with Crippen molar-refractivity contribution in [2.75, 3.05) is 0 Å². The maximum Gasteiger partial charge on any atom is 0.0375 e. The summed E-state index contributed by atoms with van der Waals surface area (Å²) in [6.45, 7) is 11.7. The quantitative estimate of drug-likeness (QED) is 0.673. The zero-order valence-corrected chi connectivity index (χ0v) is 10.2. The molecule has 1 heteroatoms. The van der Waals surface area contributed by atoms with Gasteiger partial charge < -0.3 is 0 Å². The highest BCUT2D eigenvalue weighted by Crippen LogP contribution is 2.12. The van der Waals surface area contributed by atoms with Gasteiger partial charge in [-0.2, -0.15) is 0 Å². The lowest BCUT2D eigenvalue weighted by molar-refractivity contribution is 0.953. The van der Waals surface area contributed by atoms with Crippen LogP contribution in [0.1, 0.15) is 24.6 Å². The molecule has 0 fully saturated rings. The molecule has 84 valence electrons. The van der Waals surface area contributed by atoms with Gasteiger partial charge in [0.05, 0.1) is 0 Å². The van der Waals surface area contributed by atoms with E-state index >= 15 is 0 Å². The summed E-state index contributed by atoms with van der Waals surface area (Å²) < 4.78 is 0. The molecule has 0 N–H and O–H groups in total. The van der Waals surface area contributed by atoms with E-state index in [9.17, 15) is 0 Å². The van der Waals surface area contributed by atoms with E-state index in [4.69, 9.17) is 0 Å². The first-order valence-electron chi connectivity index (χ1n) is 5.52. The smallest absolute Gasteiger partial charge is 0.0375 e. The molecule has 0 bridgehead atoms. The highest BCUT2D eigenvalue weighted by atomic mass is 14.6. The van der Waals surface area contributed by atoms with E-state index in [1.165, 1.54) is 11.1 Å². The van der Waals surface area contributed by atoms with Gasteiger partial charge in [0.25, 0.3) is 0 Å². The lowest BCUT2D eigenvalue weighted by Crippen LogP contribution is -1.90. The zero-order valence-electron chi connectivity index (χ0n) is 10.2. The molecule has 16 heavy (non-hydrogen) atoms. The Kier molecular flexibility index (Phi) is 4.71. The number of hydrogen-bond donors (Lipinski definition) is 0. The fraction of sp³-hybridized carbons (Fsp3) is 0.267. The Morgan fingerprint density at radius 3 is 2.81 bits per heavy atom. The number of nitrogens with zero attached hydrogens (tertiary/aromatic N) is 1. The molecule has 0 spiro atoms. The molecule has 1 aromatic rings. The second kappa shape index (κ2) is 6.06. The van der Waals surface area contributed by atoms with E-state index in [0.717, 1.165) is 24.1 Å². The predicted octanol–water partition coefficient (Wildman–Crippen LogP) is 4.01. The molecule has 0 atom stereocenters. The van der Waals surface area contributed by atoms with Gasteiger partial charge in [-0.05, 0) is 50.0 Å². The van der Waals surface area contributed by atoms with E-state index in [2.05, 4.69) is 36.4 Å². The van der Waals surface area contributed by atoms with E-state index in [1.807, 2.05) is 26.1 Å². The van der Waals surface area contributed by atoms with Crippen LogP contribution >= 0.6 is 0 Å². The van der Waals surface area contributed by atoms with Gasteiger partial charge in [0.1, 0.15) is 0 Å². The highest BCUT2D eigenvalue weighted by Gasteiger charge is 1.97. The monoisotopic (exact) mass is 213 g/mol. The molecule has 0 aliphatic heterocycles. The molecule has 1 aromatic heterocycles. The average Bonchev–Trinajstić information content (AvgIpc) is 2.24. The van der Waals surface area contributed by atoms with Crippen LogP contribution in [0.15, 0.2) is 54.8 Å². The molecular formula is C15H19N. The molecule has 0 amide bonds. The summed E-state index contributed by atoms with van der Waals surface area (Å²) in [7, 11) is 0. The SMILES string of the molecule is C=CC(=CC(=C)C)CCc1ccnc(C)c1. The standard InChI is InChI=1S/C15H19N/c1-5-14(10-12(2)3)6-7-15-8-9-16-13(4)11-15/h5,8-11H,1-2,6-7H2,3-4H3. The average molecular weight is 213 g/mol. The highest BCUT2D eigenvalue weighted by molar-refractivity contribution is 5.27. The van der Waals surface area contributed by atoms with Gasteiger partial charge in [-0.3, -0.25) is 4.98 Å². The Labute approximate surface area is 98.2 Å².